The van der Waals surface area contributed by atoms with Crippen molar-refractivity contribution in [1.82, 2.24) is 9.13 Å². The van der Waals surface area contributed by atoms with E-state index in [-0.39, 0.29) is 13.1 Å². The lowest BCUT2D eigenvalue weighted by molar-refractivity contribution is 0.486. The summed E-state index contributed by atoms with van der Waals surface area (Å²) in [4.78, 5) is 25.7. The van der Waals surface area contributed by atoms with Crippen molar-refractivity contribution in [2.45, 2.75) is 13.1 Å². The van der Waals surface area contributed by atoms with E-state index in [9.17, 15) is 9.59 Å². The lowest BCUT2D eigenvalue weighted by atomic mass is 10.2. The minimum absolute atomic E-state index is 0.123. The zero-order chi connectivity index (χ0) is 27.3. The molecular weight excluding hydrogens is 586 g/mol. The van der Waals surface area contributed by atoms with E-state index in [4.69, 9.17) is 60.0 Å². The molecule has 0 aliphatic rings. The molecule has 6 aromatic rings. The van der Waals surface area contributed by atoms with E-state index in [0.717, 1.165) is 0 Å². The Morgan fingerprint density at radius 1 is 0.615 bits per heavy atom. The highest BCUT2D eigenvalue weighted by atomic mass is 35.5. The molecule has 0 atom stereocenters. The van der Waals surface area contributed by atoms with Gasteiger partial charge in [-0.1, -0.05) is 70.7 Å². The molecule has 2 heterocycles. The molecule has 0 saturated heterocycles. The van der Waals surface area contributed by atoms with Gasteiger partial charge in [-0.05, 0) is 59.7 Å². The normalized spacial score (nSPS) is 11.5. The highest BCUT2D eigenvalue weighted by Crippen LogP contribution is 2.35. The largest absolute Gasteiger partial charge is 0.453 e. The fourth-order valence-corrected chi connectivity index (χ4v) is 5.33. The average molecular weight is 602 g/mol. The number of ether oxygens (including phenoxy) is 1. The third-order valence-corrected chi connectivity index (χ3v) is 7.38. The van der Waals surface area contributed by atoms with Crippen LogP contribution in [0.2, 0.25) is 20.1 Å². The van der Waals surface area contributed by atoms with Crippen LogP contribution < -0.4 is 16.2 Å². The molecule has 0 bridgehead atoms. The molecule has 11 heteroatoms. The van der Waals surface area contributed by atoms with Crippen LogP contribution in [0.4, 0.5) is 0 Å². The van der Waals surface area contributed by atoms with Crippen LogP contribution in [0.15, 0.2) is 91.2 Å². The van der Waals surface area contributed by atoms with E-state index < -0.39 is 11.5 Å². The number of hydrogen-bond acceptors (Lipinski definition) is 5. The van der Waals surface area contributed by atoms with E-state index in [1.54, 1.807) is 72.8 Å². The fraction of sp³-hybridized carbons (Fsp3) is 0.0714. The standard InChI is InChI=1S/C28H16Cl4N2O5/c29-17-9-7-15(19(31)11-17)13-33-25-21(3-1-5-23(25)38-27(33)35)37-22-4-2-6-24-26(22)34(28(36)39-24)14-16-8-10-18(30)12-20(16)32/h1-12H,13-14H2. The van der Waals surface area contributed by atoms with Gasteiger partial charge in [-0.15, -0.1) is 0 Å². The number of fused-ring (bicyclic) bond motifs is 2. The van der Waals surface area contributed by atoms with E-state index in [0.29, 0.717) is 64.9 Å². The summed E-state index contributed by atoms with van der Waals surface area (Å²) >= 11 is 24.8. The van der Waals surface area contributed by atoms with E-state index in [1.807, 2.05) is 0 Å². The molecule has 0 amide bonds. The Morgan fingerprint density at radius 2 is 1.05 bits per heavy atom. The molecule has 196 valence electrons. The quantitative estimate of drug-likeness (QED) is 0.193. The Labute approximate surface area is 240 Å². The minimum Gasteiger partial charge on any atom is -0.453 e. The Morgan fingerprint density at radius 3 is 1.46 bits per heavy atom. The van der Waals surface area contributed by atoms with Gasteiger partial charge in [-0.25, -0.2) is 9.59 Å². The second-order valence-corrected chi connectivity index (χ2v) is 10.4. The van der Waals surface area contributed by atoms with Crippen LogP contribution >= 0.6 is 46.4 Å². The highest BCUT2D eigenvalue weighted by molar-refractivity contribution is 6.35. The van der Waals surface area contributed by atoms with Gasteiger partial charge in [0.05, 0.1) is 13.1 Å². The van der Waals surface area contributed by atoms with Crippen LogP contribution in [-0.2, 0) is 13.1 Å². The molecule has 6 rings (SSSR count). The minimum atomic E-state index is -0.581. The number of hydrogen-bond donors (Lipinski definition) is 0. The van der Waals surface area contributed by atoms with Crippen molar-refractivity contribution in [3.05, 3.63) is 125 Å². The maximum Gasteiger partial charge on any atom is 0.420 e. The first-order chi connectivity index (χ1) is 18.8. The van der Waals surface area contributed by atoms with Gasteiger partial charge >= 0.3 is 11.5 Å². The molecule has 39 heavy (non-hydrogen) atoms. The number of benzene rings is 4. The van der Waals surface area contributed by atoms with Crippen molar-refractivity contribution in [3.63, 3.8) is 0 Å². The summed E-state index contributed by atoms with van der Waals surface area (Å²) in [5.74, 6) is -0.493. The van der Waals surface area contributed by atoms with Crippen LogP contribution in [0.25, 0.3) is 22.2 Å². The van der Waals surface area contributed by atoms with Crippen molar-refractivity contribution in [2.24, 2.45) is 0 Å². The van der Waals surface area contributed by atoms with E-state index in [2.05, 4.69) is 0 Å². The monoisotopic (exact) mass is 600 g/mol. The lowest BCUT2D eigenvalue weighted by Crippen LogP contribution is -2.16. The summed E-state index contributed by atoms with van der Waals surface area (Å²) in [5, 5.41) is 1.79. The Hall–Kier alpha value is -3.62. The number of nitrogens with zero attached hydrogens (tertiary/aromatic N) is 2. The van der Waals surface area contributed by atoms with Gasteiger partial charge in [-0.3, -0.25) is 9.13 Å². The van der Waals surface area contributed by atoms with Gasteiger partial charge in [0.15, 0.2) is 22.7 Å². The van der Waals surface area contributed by atoms with Crippen LogP contribution in [-0.4, -0.2) is 9.13 Å². The van der Waals surface area contributed by atoms with Crippen LogP contribution in [0.5, 0.6) is 11.5 Å². The SMILES string of the molecule is O=c1oc2cccc(Oc3cccc4oc(=O)n(Cc5ccc(Cl)cc5Cl)c34)c2n1Cc1ccc(Cl)cc1Cl. The van der Waals surface area contributed by atoms with Gasteiger partial charge in [0, 0.05) is 20.1 Å². The third-order valence-electron chi connectivity index (χ3n) is 6.21. The molecule has 2 aromatic heterocycles. The fourth-order valence-electron chi connectivity index (χ4n) is 4.39. The first-order valence-corrected chi connectivity index (χ1v) is 13.1. The summed E-state index contributed by atoms with van der Waals surface area (Å²) in [7, 11) is 0. The Bertz CT molecular complexity index is 1860. The molecule has 0 spiro atoms. The molecule has 0 radical (unpaired) electrons. The predicted molar refractivity (Wildman–Crippen MR) is 152 cm³/mol. The number of halogens is 4. The lowest BCUT2D eigenvalue weighted by Gasteiger charge is -2.12. The van der Waals surface area contributed by atoms with Gasteiger partial charge in [0.1, 0.15) is 11.0 Å². The van der Waals surface area contributed by atoms with Crippen LogP contribution in [0.1, 0.15) is 11.1 Å². The van der Waals surface area contributed by atoms with Crippen molar-refractivity contribution >= 4 is 68.6 Å². The van der Waals surface area contributed by atoms with E-state index >= 15 is 0 Å². The second kappa shape index (κ2) is 10.2. The Kier molecular flexibility index (Phi) is 6.69. The summed E-state index contributed by atoms with van der Waals surface area (Å²) in [6.45, 7) is 0.246. The average Bonchev–Trinajstić information content (AvgIpc) is 3.39. The molecule has 0 aliphatic carbocycles. The Balaban J connectivity index is 1.46. The third kappa shape index (κ3) is 4.83. The molecule has 7 nitrogen and oxygen atoms in total. The summed E-state index contributed by atoms with van der Waals surface area (Å²) in [5.41, 5.74) is 2.84. The van der Waals surface area contributed by atoms with Crippen LogP contribution in [0, 0.1) is 0 Å². The smallest absolute Gasteiger partial charge is 0.420 e. The summed E-state index contributed by atoms with van der Waals surface area (Å²) in [6, 6.07) is 20.2. The zero-order valence-electron chi connectivity index (χ0n) is 19.8. The molecule has 4 aromatic carbocycles. The molecule has 0 aliphatic heterocycles. The summed E-state index contributed by atoms with van der Waals surface area (Å²) < 4.78 is 20.2. The van der Waals surface area contributed by atoms with Gasteiger partial charge in [-0.2, -0.15) is 0 Å². The molecule has 0 fully saturated rings. The molecule has 0 saturated carbocycles. The van der Waals surface area contributed by atoms with Gasteiger partial charge < -0.3 is 13.6 Å². The van der Waals surface area contributed by atoms with Gasteiger partial charge in [0.25, 0.3) is 0 Å². The van der Waals surface area contributed by atoms with E-state index in [1.165, 1.54) is 9.13 Å². The zero-order valence-corrected chi connectivity index (χ0v) is 22.8. The number of rotatable bonds is 6. The first-order valence-electron chi connectivity index (χ1n) is 11.6. The predicted octanol–water partition coefficient (Wildman–Crippen LogP) is 8.00. The number of aromatic nitrogens is 2. The van der Waals surface area contributed by atoms with Crippen LogP contribution in [0.3, 0.4) is 0 Å². The first kappa shape index (κ1) is 25.6. The second-order valence-electron chi connectivity index (χ2n) is 8.69. The molecular formula is C28H16Cl4N2O5. The summed E-state index contributed by atoms with van der Waals surface area (Å²) in [6.07, 6.45) is 0. The number of oxazole rings is 2. The topological polar surface area (TPSA) is 79.5 Å². The molecule has 0 N–H and O–H groups in total. The highest BCUT2D eigenvalue weighted by Gasteiger charge is 2.20. The number of para-hydroxylation sites is 2. The van der Waals surface area contributed by atoms with Crippen molar-refractivity contribution < 1.29 is 13.6 Å². The van der Waals surface area contributed by atoms with Gasteiger partial charge in [0.2, 0.25) is 0 Å². The van der Waals surface area contributed by atoms with Crippen molar-refractivity contribution in [2.75, 3.05) is 0 Å². The molecule has 0 unspecified atom stereocenters. The maximum absolute atomic E-state index is 12.8. The van der Waals surface area contributed by atoms with Crippen molar-refractivity contribution in [1.29, 1.82) is 0 Å². The maximum atomic E-state index is 12.8. The van der Waals surface area contributed by atoms with Crippen molar-refractivity contribution in [3.8, 4) is 11.5 Å².